The standard InChI is InChI=1S/C23H30N2O4/c1-16-7-10-21-17(12-16)8-9-19(28-21)14-25(22(27)29-23(2,3)4)15-20(26)18-6-5-11-24-13-18/h5-7,10-13,19-20,26H,8-9,14-15H2,1-4H3/t19?,20-/m0/s1. The number of aromatic nitrogens is 1. The van der Waals surface area contributed by atoms with Crippen LogP contribution in [0.2, 0.25) is 0 Å². The van der Waals surface area contributed by atoms with Crippen molar-refractivity contribution in [3.8, 4) is 5.75 Å². The van der Waals surface area contributed by atoms with E-state index in [1.165, 1.54) is 16.0 Å². The van der Waals surface area contributed by atoms with Crippen molar-refractivity contribution in [2.75, 3.05) is 13.1 Å². The number of ether oxygens (including phenoxy) is 2. The Morgan fingerprint density at radius 3 is 2.86 bits per heavy atom. The molecule has 0 saturated heterocycles. The molecule has 156 valence electrons. The van der Waals surface area contributed by atoms with Crippen molar-refractivity contribution in [3.05, 3.63) is 59.4 Å². The summed E-state index contributed by atoms with van der Waals surface area (Å²) in [6.45, 7) is 8.01. The van der Waals surface area contributed by atoms with Crippen LogP contribution in [-0.2, 0) is 11.2 Å². The molecule has 2 aromatic rings. The van der Waals surface area contributed by atoms with Gasteiger partial charge in [-0.3, -0.25) is 4.98 Å². The highest BCUT2D eigenvalue weighted by molar-refractivity contribution is 5.68. The lowest BCUT2D eigenvalue weighted by Gasteiger charge is -2.33. The van der Waals surface area contributed by atoms with E-state index in [0.717, 1.165) is 18.6 Å². The Morgan fingerprint density at radius 2 is 2.17 bits per heavy atom. The van der Waals surface area contributed by atoms with E-state index in [4.69, 9.17) is 9.47 Å². The molecule has 0 bridgehead atoms. The fourth-order valence-corrected chi connectivity index (χ4v) is 3.39. The summed E-state index contributed by atoms with van der Waals surface area (Å²) in [5.41, 5.74) is 2.44. The maximum Gasteiger partial charge on any atom is 0.410 e. The van der Waals surface area contributed by atoms with Gasteiger partial charge in [0.25, 0.3) is 0 Å². The lowest BCUT2D eigenvalue weighted by molar-refractivity contribution is 0.00365. The smallest absolute Gasteiger partial charge is 0.410 e. The number of aryl methyl sites for hydroxylation is 2. The van der Waals surface area contributed by atoms with Gasteiger partial charge < -0.3 is 19.5 Å². The number of hydrogen-bond acceptors (Lipinski definition) is 5. The van der Waals surface area contributed by atoms with E-state index in [0.29, 0.717) is 12.1 Å². The molecule has 1 unspecified atom stereocenters. The first-order valence-corrected chi connectivity index (χ1v) is 10.0. The van der Waals surface area contributed by atoms with E-state index < -0.39 is 17.8 Å². The van der Waals surface area contributed by atoms with Crippen LogP contribution >= 0.6 is 0 Å². The molecule has 3 rings (SSSR count). The van der Waals surface area contributed by atoms with Crippen LogP contribution in [0.15, 0.2) is 42.7 Å². The van der Waals surface area contributed by atoms with Crippen molar-refractivity contribution in [1.29, 1.82) is 0 Å². The maximum absolute atomic E-state index is 12.8. The minimum atomic E-state index is -0.852. The van der Waals surface area contributed by atoms with Gasteiger partial charge in [0, 0.05) is 18.0 Å². The molecular formula is C23H30N2O4. The molecule has 0 fully saturated rings. The Bertz CT molecular complexity index is 833. The van der Waals surface area contributed by atoms with Crippen LogP contribution < -0.4 is 4.74 Å². The number of benzene rings is 1. The first-order valence-electron chi connectivity index (χ1n) is 10.0. The molecule has 2 atom stereocenters. The van der Waals surface area contributed by atoms with Gasteiger partial charge in [-0.2, -0.15) is 0 Å². The molecule has 2 heterocycles. The first-order chi connectivity index (χ1) is 13.7. The average Bonchev–Trinajstić information content (AvgIpc) is 2.67. The molecule has 29 heavy (non-hydrogen) atoms. The molecule has 0 spiro atoms. The Morgan fingerprint density at radius 1 is 1.38 bits per heavy atom. The molecule has 6 heteroatoms. The molecule has 0 aliphatic carbocycles. The van der Waals surface area contributed by atoms with Gasteiger partial charge in [0.1, 0.15) is 17.5 Å². The Labute approximate surface area is 172 Å². The van der Waals surface area contributed by atoms with Crippen LogP contribution in [-0.4, -0.2) is 45.9 Å². The summed E-state index contributed by atoms with van der Waals surface area (Å²) in [6, 6.07) is 9.71. The maximum atomic E-state index is 12.8. The molecule has 6 nitrogen and oxygen atoms in total. The van der Waals surface area contributed by atoms with Crippen molar-refractivity contribution >= 4 is 6.09 Å². The SMILES string of the molecule is Cc1ccc2c(c1)CCC(CN(C[C@H](O)c1cccnc1)C(=O)OC(C)(C)C)O2. The van der Waals surface area contributed by atoms with Crippen LogP contribution in [0.1, 0.15) is 50.0 Å². The number of fused-ring (bicyclic) bond motifs is 1. The number of aliphatic hydroxyl groups excluding tert-OH is 1. The minimum absolute atomic E-state index is 0.112. The van der Waals surface area contributed by atoms with Crippen LogP contribution in [0.5, 0.6) is 5.75 Å². The van der Waals surface area contributed by atoms with E-state index in [2.05, 4.69) is 18.0 Å². The summed E-state index contributed by atoms with van der Waals surface area (Å²) in [7, 11) is 0. The number of hydrogen-bond donors (Lipinski definition) is 1. The molecule has 1 aromatic heterocycles. The number of aliphatic hydroxyl groups is 1. The van der Waals surface area contributed by atoms with E-state index in [9.17, 15) is 9.90 Å². The Hall–Kier alpha value is -2.60. The predicted molar refractivity (Wildman–Crippen MR) is 111 cm³/mol. The second kappa shape index (κ2) is 8.82. The number of pyridine rings is 1. The largest absolute Gasteiger partial charge is 0.488 e. The third kappa shape index (κ3) is 5.94. The average molecular weight is 399 g/mol. The minimum Gasteiger partial charge on any atom is -0.488 e. The second-order valence-electron chi connectivity index (χ2n) is 8.58. The van der Waals surface area contributed by atoms with Crippen LogP contribution in [0.3, 0.4) is 0 Å². The summed E-state index contributed by atoms with van der Waals surface area (Å²) in [5, 5.41) is 10.6. The van der Waals surface area contributed by atoms with Gasteiger partial charge in [-0.25, -0.2) is 4.79 Å². The zero-order valence-corrected chi connectivity index (χ0v) is 17.6. The summed E-state index contributed by atoms with van der Waals surface area (Å²) in [6.07, 6.45) is 3.49. The number of carbonyl (C=O) groups excluding carboxylic acids is 1. The zero-order valence-electron chi connectivity index (χ0n) is 17.6. The molecule has 1 N–H and O–H groups in total. The highest BCUT2D eigenvalue weighted by Crippen LogP contribution is 2.29. The van der Waals surface area contributed by atoms with E-state index in [1.54, 1.807) is 24.5 Å². The van der Waals surface area contributed by atoms with Gasteiger partial charge in [-0.1, -0.05) is 23.8 Å². The topological polar surface area (TPSA) is 71.9 Å². The fourth-order valence-electron chi connectivity index (χ4n) is 3.39. The number of nitrogens with zero attached hydrogens (tertiary/aromatic N) is 2. The predicted octanol–water partition coefficient (Wildman–Crippen LogP) is 4.05. The zero-order chi connectivity index (χ0) is 21.0. The van der Waals surface area contributed by atoms with Crippen LogP contribution in [0, 0.1) is 6.92 Å². The molecular weight excluding hydrogens is 368 g/mol. The van der Waals surface area contributed by atoms with Crippen molar-refractivity contribution < 1.29 is 19.4 Å². The van der Waals surface area contributed by atoms with Gasteiger partial charge in [0.2, 0.25) is 0 Å². The van der Waals surface area contributed by atoms with Gasteiger partial charge >= 0.3 is 6.09 Å². The van der Waals surface area contributed by atoms with Gasteiger partial charge in [0.05, 0.1) is 19.2 Å². The first kappa shape index (κ1) is 21.1. The second-order valence-corrected chi connectivity index (χ2v) is 8.58. The van der Waals surface area contributed by atoms with Gasteiger partial charge in [-0.15, -0.1) is 0 Å². The lowest BCUT2D eigenvalue weighted by Crippen LogP contribution is -2.45. The van der Waals surface area contributed by atoms with Crippen molar-refractivity contribution in [2.24, 2.45) is 0 Å². The highest BCUT2D eigenvalue weighted by Gasteiger charge is 2.29. The summed E-state index contributed by atoms with van der Waals surface area (Å²) in [5.74, 6) is 0.865. The van der Waals surface area contributed by atoms with E-state index in [1.807, 2.05) is 32.9 Å². The molecule has 1 aliphatic rings. The fraction of sp³-hybridized carbons (Fsp3) is 0.478. The van der Waals surface area contributed by atoms with Crippen molar-refractivity contribution in [2.45, 2.75) is 58.3 Å². The van der Waals surface area contributed by atoms with E-state index >= 15 is 0 Å². The number of amides is 1. The summed E-state index contributed by atoms with van der Waals surface area (Å²) in [4.78, 5) is 18.4. The summed E-state index contributed by atoms with van der Waals surface area (Å²) >= 11 is 0. The molecule has 1 amide bonds. The third-order valence-corrected chi connectivity index (χ3v) is 4.78. The Kier molecular flexibility index (Phi) is 6.42. The summed E-state index contributed by atoms with van der Waals surface area (Å²) < 4.78 is 11.7. The normalized spacial score (nSPS) is 17.1. The quantitative estimate of drug-likeness (QED) is 0.822. The van der Waals surface area contributed by atoms with Crippen molar-refractivity contribution in [3.63, 3.8) is 0 Å². The third-order valence-electron chi connectivity index (χ3n) is 4.78. The van der Waals surface area contributed by atoms with Crippen molar-refractivity contribution in [1.82, 2.24) is 9.88 Å². The number of rotatable bonds is 5. The Balaban J connectivity index is 1.72. The van der Waals surface area contributed by atoms with Gasteiger partial charge in [-0.05, 0) is 58.2 Å². The van der Waals surface area contributed by atoms with Crippen LogP contribution in [0.25, 0.3) is 0 Å². The van der Waals surface area contributed by atoms with E-state index in [-0.39, 0.29) is 12.6 Å². The van der Waals surface area contributed by atoms with Crippen LogP contribution in [0.4, 0.5) is 4.79 Å². The lowest BCUT2D eigenvalue weighted by atomic mass is 10.00. The molecule has 1 aliphatic heterocycles. The molecule has 1 aromatic carbocycles. The molecule has 0 saturated carbocycles. The molecule has 0 radical (unpaired) electrons. The van der Waals surface area contributed by atoms with Gasteiger partial charge in [0.15, 0.2) is 0 Å². The highest BCUT2D eigenvalue weighted by atomic mass is 16.6. The monoisotopic (exact) mass is 398 g/mol. The number of carbonyl (C=O) groups is 1.